The van der Waals surface area contributed by atoms with Crippen LogP contribution in [0.15, 0.2) is 33.7 Å². The van der Waals surface area contributed by atoms with Crippen LogP contribution >= 0.6 is 0 Å². The van der Waals surface area contributed by atoms with Gasteiger partial charge >= 0.3 is 7.12 Å². The second-order valence-electron chi connectivity index (χ2n) is 5.53. The fourth-order valence-electron chi connectivity index (χ4n) is 2.23. The van der Waals surface area contributed by atoms with Crippen LogP contribution in [-0.2, 0) is 19.5 Å². The minimum Gasteiger partial charge on any atom is -0.423 e. The number of rotatable bonds is 9. The lowest BCUT2D eigenvalue weighted by molar-refractivity contribution is -0.00296. The molecule has 0 aliphatic rings. The summed E-state index contributed by atoms with van der Waals surface area (Å²) in [6, 6.07) is 5.56. The van der Waals surface area contributed by atoms with E-state index in [4.69, 9.17) is 14.0 Å². The molecule has 2 rings (SSSR count). The maximum absolute atomic E-state index is 12.8. The summed E-state index contributed by atoms with van der Waals surface area (Å²) in [6.45, 7) is 3.80. The van der Waals surface area contributed by atoms with E-state index >= 15 is 0 Å². The molecular weight excluding hydrogens is 363 g/mol. The lowest BCUT2D eigenvalue weighted by Crippen LogP contribution is -2.39. The van der Waals surface area contributed by atoms with E-state index in [0.717, 1.165) is 0 Å². The van der Waals surface area contributed by atoms with Crippen molar-refractivity contribution in [2.45, 2.75) is 25.0 Å². The number of nitrogens with one attached hydrogen (secondary N) is 1. The Morgan fingerprint density at radius 1 is 1.27 bits per heavy atom. The van der Waals surface area contributed by atoms with E-state index in [2.05, 4.69) is 9.88 Å². The summed E-state index contributed by atoms with van der Waals surface area (Å²) in [5.74, 6) is 0.212. The molecular formula is C15H21BN2O7S. The molecule has 9 nitrogen and oxygen atoms in total. The van der Waals surface area contributed by atoms with Gasteiger partial charge in [0.1, 0.15) is 0 Å². The second-order valence-corrected chi connectivity index (χ2v) is 7.22. The van der Waals surface area contributed by atoms with Gasteiger partial charge in [0.2, 0.25) is 10.0 Å². The van der Waals surface area contributed by atoms with Crippen molar-refractivity contribution < 1.29 is 32.5 Å². The second kappa shape index (κ2) is 8.76. The summed E-state index contributed by atoms with van der Waals surface area (Å²) >= 11 is 0. The monoisotopic (exact) mass is 384 g/mol. The molecule has 0 radical (unpaired) electrons. The molecule has 1 unspecified atom stereocenters. The quantitative estimate of drug-likeness (QED) is 0.303. The van der Waals surface area contributed by atoms with Crippen LogP contribution in [0, 0.1) is 13.8 Å². The van der Waals surface area contributed by atoms with Crippen molar-refractivity contribution in [2.75, 3.05) is 20.3 Å². The van der Waals surface area contributed by atoms with E-state index < -0.39 is 23.4 Å². The normalized spacial score (nSPS) is 13.0. The van der Waals surface area contributed by atoms with Crippen LogP contribution in [0.5, 0.6) is 0 Å². The lowest BCUT2D eigenvalue weighted by atomic mass is 9.80. The minimum absolute atomic E-state index is 0.104. The predicted molar refractivity (Wildman–Crippen MR) is 93.1 cm³/mol. The van der Waals surface area contributed by atoms with Crippen molar-refractivity contribution in [1.29, 1.82) is 0 Å². The number of ether oxygens (including phenoxy) is 2. The maximum atomic E-state index is 12.8. The van der Waals surface area contributed by atoms with Crippen molar-refractivity contribution in [2.24, 2.45) is 0 Å². The average Bonchev–Trinajstić information content (AvgIpc) is 2.93. The van der Waals surface area contributed by atoms with Crippen molar-refractivity contribution in [3.05, 3.63) is 41.3 Å². The topological polar surface area (TPSA) is 131 Å². The number of aryl methyl sites for hydroxylation is 1. The molecule has 0 bridgehead atoms. The van der Waals surface area contributed by atoms with Crippen LogP contribution in [0.2, 0.25) is 0 Å². The van der Waals surface area contributed by atoms with Crippen molar-refractivity contribution in [3.63, 3.8) is 0 Å². The highest BCUT2D eigenvalue weighted by Gasteiger charge is 2.30. The van der Waals surface area contributed by atoms with E-state index in [-0.39, 0.29) is 29.3 Å². The first-order chi connectivity index (χ1) is 12.3. The molecule has 0 fully saturated rings. The highest BCUT2D eigenvalue weighted by atomic mass is 32.2. The van der Waals surface area contributed by atoms with Gasteiger partial charge in [-0.25, -0.2) is 8.42 Å². The SMILES string of the molecule is COCCOC(NS(=O)(=O)c1ccccc1B(O)O)c1onc(C)c1C. The fourth-order valence-corrected chi connectivity index (χ4v) is 3.56. The summed E-state index contributed by atoms with van der Waals surface area (Å²) < 4.78 is 43.6. The molecule has 0 aliphatic carbocycles. The van der Waals surface area contributed by atoms with Crippen LogP contribution in [0.25, 0.3) is 0 Å². The van der Waals surface area contributed by atoms with Gasteiger partial charge in [0.05, 0.1) is 23.8 Å². The van der Waals surface area contributed by atoms with E-state index in [1.807, 2.05) is 0 Å². The fraction of sp³-hybridized carbons (Fsp3) is 0.400. The zero-order valence-electron chi connectivity index (χ0n) is 14.7. The molecule has 0 aliphatic heterocycles. The van der Waals surface area contributed by atoms with Gasteiger partial charge in [-0.3, -0.25) is 0 Å². The van der Waals surface area contributed by atoms with E-state index in [0.29, 0.717) is 11.3 Å². The van der Waals surface area contributed by atoms with Gasteiger partial charge in [-0.05, 0) is 19.9 Å². The molecule has 26 heavy (non-hydrogen) atoms. The highest BCUT2D eigenvalue weighted by molar-refractivity contribution is 7.89. The Hall–Kier alpha value is -1.76. The molecule has 1 heterocycles. The average molecular weight is 384 g/mol. The summed E-state index contributed by atoms with van der Waals surface area (Å²) in [5, 5.41) is 22.7. The van der Waals surface area contributed by atoms with Crippen LogP contribution < -0.4 is 10.2 Å². The van der Waals surface area contributed by atoms with Gasteiger partial charge in [0.15, 0.2) is 12.0 Å². The van der Waals surface area contributed by atoms with Crippen molar-refractivity contribution >= 4 is 22.6 Å². The van der Waals surface area contributed by atoms with Gasteiger partial charge in [0, 0.05) is 18.1 Å². The molecule has 0 saturated heterocycles. The summed E-state index contributed by atoms with van der Waals surface area (Å²) in [6.07, 6.45) is -1.15. The molecule has 3 N–H and O–H groups in total. The molecule has 0 saturated carbocycles. The Morgan fingerprint density at radius 3 is 2.54 bits per heavy atom. The summed E-state index contributed by atoms with van der Waals surface area (Å²) in [4.78, 5) is -0.274. The first kappa shape index (κ1) is 20.6. The number of benzene rings is 1. The predicted octanol–water partition coefficient (Wildman–Crippen LogP) is -0.389. The zero-order valence-corrected chi connectivity index (χ0v) is 15.5. The molecule has 0 amide bonds. The van der Waals surface area contributed by atoms with Gasteiger partial charge < -0.3 is 24.0 Å². The van der Waals surface area contributed by atoms with E-state index in [1.165, 1.54) is 31.4 Å². The lowest BCUT2D eigenvalue weighted by Gasteiger charge is -2.19. The Labute approximate surface area is 152 Å². The summed E-state index contributed by atoms with van der Waals surface area (Å²) in [7, 11) is -4.60. The molecule has 142 valence electrons. The van der Waals surface area contributed by atoms with Gasteiger partial charge in [-0.1, -0.05) is 23.4 Å². The first-order valence-electron chi connectivity index (χ1n) is 7.78. The zero-order chi connectivity index (χ0) is 19.3. The maximum Gasteiger partial charge on any atom is 0.489 e. The van der Waals surface area contributed by atoms with Gasteiger partial charge in [-0.2, -0.15) is 4.72 Å². The molecule has 2 aromatic rings. The van der Waals surface area contributed by atoms with Crippen LogP contribution in [0.3, 0.4) is 0 Å². The van der Waals surface area contributed by atoms with E-state index in [1.54, 1.807) is 13.8 Å². The smallest absolute Gasteiger partial charge is 0.423 e. The number of hydrogen-bond donors (Lipinski definition) is 3. The Balaban J connectivity index is 2.36. The molecule has 11 heteroatoms. The number of methoxy groups -OCH3 is 1. The standard InChI is InChI=1S/C15H21BN2O7S/c1-10-11(2)17-25-14(10)15(24-9-8-23-3)18-26(21,22)13-7-5-4-6-12(13)16(19)20/h4-7,15,18-20H,8-9H2,1-3H3. The van der Waals surface area contributed by atoms with Crippen molar-refractivity contribution in [3.8, 4) is 0 Å². The molecule has 1 aromatic heterocycles. The summed E-state index contributed by atoms with van der Waals surface area (Å²) in [5.41, 5.74) is 1.09. The van der Waals surface area contributed by atoms with Crippen LogP contribution in [0.4, 0.5) is 0 Å². The third-order valence-corrected chi connectivity index (χ3v) is 5.23. The minimum atomic E-state index is -4.15. The number of sulfonamides is 1. The van der Waals surface area contributed by atoms with Gasteiger partial charge in [0.25, 0.3) is 0 Å². The van der Waals surface area contributed by atoms with Crippen LogP contribution in [0.1, 0.15) is 23.2 Å². The Kier molecular flexibility index (Phi) is 6.92. The Bertz CT molecular complexity index is 838. The van der Waals surface area contributed by atoms with Crippen LogP contribution in [-0.4, -0.2) is 51.1 Å². The van der Waals surface area contributed by atoms with Gasteiger partial charge in [-0.15, -0.1) is 0 Å². The number of nitrogens with zero attached hydrogens (tertiary/aromatic N) is 1. The molecule has 0 spiro atoms. The molecule has 1 atom stereocenters. The van der Waals surface area contributed by atoms with E-state index in [9.17, 15) is 18.5 Å². The third-order valence-electron chi connectivity index (χ3n) is 3.75. The number of aromatic nitrogens is 1. The van der Waals surface area contributed by atoms with Crippen molar-refractivity contribution in [1.82, 2.24) is 9.88 Å². The third kappa shape index (κ3) is 4.69. The number of hydrogen-bond acceptors (Lipinski definition) is 8. The largest absolute Gasteiger partial charge is 0.489 e. The molecule has 1 aromatic carbocycles. The first-order valence-corrected chi connectivity index (χ1v) is 9.27. The highest BCUT2D eigenvalue weighted by Crippen LogP contribution is 2.23. The Morgan fingerprint density at radius 2 is 1.96 bits per heavy atom.